The van der Waals surface area contributed by atoms with Gasteiger partial charge in [0.25, 0.3) is 0 Å². The van der Waals surface area contributed by atoms with Crippen molar-refractivity contribution in [1.82, 2.24) is 20.1 Å². The Labute approximate surface area is 268 Å². The van der Waals surface area contributed by atoms with E-state index in [1.54, 1.807) is 4.90 Å². The van der Waals surface area contributed by atoms with E-state index in [9.17, 15) is 18.0 Å². The van der Waals surface area contributed by atoms with Gasteiger partial charge in [0, 0.05) is 12.1 Å². The van der Waals surface area contributed by atoms with Gasteiger partial charge in [-0.3, -0.25) is 9.69 Å². The lowest BCUT2D eigenvalue weighted by Gasteiger charge is -2.20. The summed E-state index contributed by atoms with van der Waals surface area (Å²) in [6.45, 7) is 4.75. The van der Waals surface area contributed by atoms with Gasteiger partial charge in [0.1, 0.15) is 12.1 Å². The maximum atomic E-state index is 12.7. The Morgan fingerprint density at radius 1 is 1.09 bits per heavy atom. The van der Waals surface area contributed by atoms with Crippen LogP contribution in [0.25, 0.3) is 17.1 Å². The number of aryl methyl sites for hydroxylation is 3. The van der Waals surface area contributed by atoms with Gasteiger partial charge in [-0.25, -0.2) is 9.67 Å². The zero-order valence-electron chi connectivity index (χ0n) is 24.7. The van der Waals surface area contributed by atoms with Crippen LogP contribution in [-0.2, 0) is 17.6 Å². The average molecular weight is 653 g/mol. The lowest BCUT2D eigenvalue weighted by Crippen LogP contribution is -2.32. The van der Waals surface area contributed by atoms with Crippen molar-refractivity contribution in [2.45, 2.75) is 45.9 Å². The fraction of sp³-hybridized carbons (Fsp3) is 0.281. The quantitative estimate of drug-likeness (QED) is 0.145. The zero-order chi connectivity index (χ0) is 32.0. The van der Waals surface area contributed by atoms with Gasteiger partial charge in [0.05, 0.1) is 17.1 Å². The van der Waals surface area contributed by atoms with Crippen molar-refractivity contribution in [1.29, 1.82) is 0 Å². The Kier molecular flexibility index (Phi) is 10.2. The van der Waals surface area contributed by atoms with Crippen LogP contribution in [0.4, 0.5) is 18.9 Å². The molecule has 0 atom stereocenters. The first kappa shape index (κ1) is 32.2. The maximum absolute atomic E-state index is 12.7. The number of amides is 1. The summed E-state index contributed by atoms with van der Waals surface area (Å²) in [5.41, 5.74) is 5.60. The number of rotatable bonds is 10. The van der Waals surface area contributed by atoms with Crippen molar-refractivity contribution in [2.24, 2.45) is 4.99 Å². The van der Waals surface area contributed by atoms with Crippen LogP contribution in [0.2, 0.25) is 0 Å². The Balaban J connectivity index is 1.09. The van der Waals surface area contributed by atoms with Crippen LogP contribution in [0.5, 0.6) is 5.75 Å². The molecule has 0 aliphatic carbocycles. The van der Waals surface area contributed by atoms with Gasteiger partial charge in [0.15, 0.2) is 16.1 Å². The van der Waals surface area contributed by atoms with Gasteiger partial charge >= 0.3 is 6.36 Å². The third-order valence-corrected chi connectivity index (χ3v) is 8.19. The van der Waals surface area contributed by atoms with Crippen LogP contribution in [0, 0.1) is 6.92 Å². The normalized spacial score (nSPS) is 14.3. The topological polar surface area (TPSA) is 84.6 Å². The number of ether oxygens (including phenoxy) is 1. The molecule has 0 radical (unpaired) electrons. The van der Waals surface area contributed by atoms with Crippen molar-refractivity contribution < 1.29 is 22.7 Å². The van der Waals surface area contributed by atoms with Crippen molar-refractivity contribution in [3.63, 3.8) is 0 Å². The van der Waals surface area contributed by atoms with Gasteiger partial charge in [0.2, 0.25) is 5.91 Å². The van der Waals surface area contributed by atoms with Gasteiger partial charge in [-0.1, -0.05) is 55.1 Å². The molecule has 2 heterocycles. The van der Waals surface area contributed by atoms with Crippen LogP contribution >= 0.6 is 24.0 Å². The first-order chi connectivity index (χ1) is 21.6. The molecule has 1 aliphatic heterocycles. The lowest BCUT2D eigenvalue weighted by molar-refractivity contribution is -0.274. The Bertz CT molecular complexity index is 1690. The fourth-order valence-electron chi connectivity index (χ4n) is 4.78. The number of amidine groups is 1. The largest absolute Gasteiger partial charge is 0.573 e. The summed E-state index contributed by atoms with van der Waals surface area (Å²) in [6, 6.07) is 19.5. The number of thiocarbonyl (C=S) groups is 1. The van der Waals surface area contributed by atoms with E-state index in [0.717, 1.165) is 48.1 Å². The highest BCUT2D eigenvalue weighted by Gasteiger charge is 2.32. The summed E-state index contributed by atoms with van der Waals surface area (Å²) in [4.78, 5) is 23.3. The number of aliphatic imine (C=N–C) groups is 1. The van der Waals surface area contributed by atoms with E-state index in [1.807, 2.05) is 43.3 Å². The minimum atomic E-state index is -4.74. The van der Waals surface area contributed by atoms with E-state index in [-0.39, 0.29) is 11.7 Å². The number of unbranched alkanes of at least 4 members (excludes halogenated alkanes) is 1. The summed E-state index contributed by atoms with van der Waals surface area (Å²) in [6.07, 6.45) is 0.290. The van der Waals surface area contributed by atoms with Crippen LogP contribution in [-0.4, -0.2) is 49.6 Å². The number of hydrogen-bond acceptors (Lipinski definition) is 6. The van der Waals surface area contributed by atoms with Crippen molar-refractivity contribution in [3.8, 4) is 22.8 Å². The molecule has 1 amide bonds. The summed E-state index contributed by atoms with van der Waals surface area (Å²) in [7, 11) is 0. The summed E-state index contributed by atoms with van der Waals surface area (Å²) < 4.78 is 42.6. The van der Waals surface area contributed by atoms with E-state index < -0.39 is 6.36 Å². The van der Waals surface area contributed by atoms with E-state index in [2.05, 4.69) is 38.1 Å². The highest BCUT2D eigenvalue weighted by molar-refractivity contribution is 8.15. The van der Waals surface area contributed by atoms with E-state index in [4.69, 9.17) is 12.2 Å². The van der Waals surface area contributed by atoms with E-state index >= 15 is 0 Å². The van der Waals surface area contributed by atoms with E-state index in [0.29, 0.717) is 34.1 Å². The molecule has 0 spiro atoms. The summed E-state index contributed by atoms with van der Waals surface area (Å²) in [5, 5.41) is 8.62. The SMILES string of the molecule is CCc1ccc(C)cc1N1C(=O)CS/C1=N\C(=S)NCCCCc1ccc(-c2ncn(-c3ccc(OC(F)(F)F)cc3)n2)cc1. The standard InChI is InChI=1S/C32H31F3N6O2S2/c1-3-23-10-7-21(2)18-27(23)41-28(42)19-45-31(41)38-30(44)36-17-5-4-6-22-8-11-24(12-9-22)29-37-20-40(39-29)25-13-15-26(16-14-25)43-32(33,34)35/h7-16,18,20H,3-6,17,19H2,1-2H3,(H,36,44)/b38-31-. The van der Waals surface area contributed by atoms with Crippen molar-refractivity contribution >= 4 is 45.9 Å². The number of alkyl halides is 3. The third-order valence-electron chi connectivity index (χ3n) is 7.03. The van der Waals surface area contributed by atoms with Gasteiger partial charge in [-0.05, 0) is 91.8 Å². The number of carbonyl (C=O) groups is 1. The molecule has 0 unspecified atom stereocenters. The summed E-state index contributed by atoms with van der Waals surface area (Å²) >= 11 is 6.87. The van der Waals surface area contributed by atoms with Crippen molar-refractivity contribution in [3.05, 3.63) is 89.7 Å². The predicted octanol–water partition coefficient (Wildman–Crippen LogP) is 7.04. The summed E-state index contributed by atoms with van der Waals surface area (Å²) in [5.74, 6) is 0.551. The first-order valence-electron chi connectivity index (χ1n) is 14.4. The van der Waals surface area contributed by atoms with Crippen LogP contribution in [0.3, 0.4) is 0 Å². The number of halogens is 3. The highest BCUT2D eigenvalue weighted by Crippen LogP contribution is 2.31. The Morgan fingerprint density at radius 3 is 2.56 bits per heavy atom. The molecule has 5 rings (SSSR count). The second kappa shape index (κ2) is 14.2. The molecule has 1 N–H and O–H groups in total. The fourth-order valence-corrected chi connectivity index (χ4v) is 5.89. The van der Waals surface area contributed by atoms with Gasteiger partial charge in [-0.2, -0.15) is 4.99 Å². The Hall–Kier alpha value is -4.23. The van der Waals surface area contributed by atoms with Crippen LogP contribution in [0.15, 0.2) is 78.0 Å². The van der Waals surface area contributed by atoms with E-state index in [1.165, 1.54) is 52.6 Å². The minimum Gasteiger partial charge on any atom is -0.406 e. The Morgan fingerprint density at radius 2 is 1.84 bits per heavy atom. The smallest absolute Gasteiger partial charge is 0.406 e. The molecule has 4 aromatic rings. The molecule has 45 heavy (non-hydrogen) atoms. The molecule has 1 saturated heterocycles. The number of hydrogen-bond donors (Lipinski definition) is 1. The number of aromatic nitrogens is 3. The first-order valence-corrected chi connectivity index (χ1v) is 15.8. The lowest BCUT2D eigenvalue weighted by atomic mass is 10.1. The second-order valence-electron chi connectivity index (χ2n) is 10.3. The van der Waals surface area contributed by atoms with Gasteiger partial charge < -0.3 is 10.1 Å². The van der Waals surface area contributed by atoms with Crippen molar-refractivity contribution in [2.75, 3.05) is 17.2 Å². The maximum Gasteiger partial charge on any atom is 0.573 e. The predicted molar refractivity (Wildman–Crippen MR) is 175 cm³/mol. The molecule has 13 heteroatoms. The number of anilines is 1. The van der Waals surface area contributed by atoms with Crippen LogP contribution in [0.1, 0.15) is 36.5 Å². The number of nitrogens with one attached hydrogen (secondary N) is 1. The molecule has 0 bridgehead atoms. The number of benzene rings is 3. The molecule has 8 nitrogen and oxygen atoms in total. The van der Waals surface area contributed by atoms with Gasteiger partial charge in [-0.15, -0.1) is 18.3 Å². The minimum absolute atomic E-state index is 0.00477. The monoisotopic (exact) mass is 652 g/mol. The zero-order valence-corrected chi connectivity index (χ0v) is 26.3. The molecule has 234 valence electrons. The molecule has 0 saturated carbocycles. The molecule has 1 aliphatic rings. The third kappa shape index (κ3) is 8.49. The molecular weight excluding hydrogens is 622 g/mol. The van der Waals surface area contributed by atoms with Crippen LogP contribution < -0.4 is 15.0 Å². The number of nitrogens with zero attached hydrogens (tertiary/aromatic N) is 5. The second-order valence-corrected chi connectivity index (χ2v) is 11.7. The molecule has 1 aromatic heterocycles. The average Bonchev–Trinajstić information content (AvgIpc) is 3.64. The molecule has 1 fully saturated rings. The highest BCUT2D eigenvalue weighted by atomic mass is 32.2. The number of carbonyl (C=O) groups excluding carboxylic acids is 1. The number of thioether (sulfide) groups is 1. The molecular formula is C32H31F3N6O2S2. The molecule has 3 aromatic carbocycles.